The van der Waals surface area contributed by atoms with Crippen molar-refractivity contribution in [3.05, 3.63) is 35.4 Å². The SMILES string of the molecule is NCc1ccccc1CCCI. The molecule has 1 rings (SSSR count). The van der Waals surface area contributed by atoms with E-state index in [1.165, 1.54) is 22.0 Å². The van der Waals surface area contributed by atoms with Crippen molar-refractivity contribution in [1.82, 2.24) is 0 Å². The summed E-state index contributed by atoms with van der Waals surface area (Å²) in [6, 6.07) is 8.43. The van der Waals surface area contributed by atoms with Crippen molar-refractivity contribution in [3.8, 4) is 0 Å². The van der Waals surface area contributed by atoms with Gasteiger partial charge < -0.3 is 5.73 Å². The number of nitrogens with two attached hydrogens (primary N) is 1. The van der Waals surface area contributed by atoms with Gasteiger partial charge in [-0.2, -0.15) is 0 Å². The number of alkyl halides is 1. The highest BCUT2D eigenvalue weighted by molar-refractivity contribution is 14.1. The lowest BCUT2D eigenvalue weighted by Gasteiger charge is -2.05. The van der Waals surface area contributed by atoms with Gasteiger partial charge in [0.2, 0.25) is 0 Å². The van der Waals surface area contributed by atoms with E-state index in [4.69, 9.17) is 5.73 Å². The van der Waals surface area contributed by atoms with Gasteiger partial charge in [0.15, 0.2) is 0 Å². The third-order valence-corrected chi connectivity index (χ3v) is 2.68. The van der Waals surface area contributed by atoms with Crippen LogP contribution in [0.2, 0.25) is 0 Å². The summed E-state index contributed by atoms with van der Waals surface area (Å²) in [5.41, 5.74) is 8.33. The number of hydrogen-bond acceptors (Lipinski definition) is 1. The van der Waals surface area contributed by atoms with Crippen LogP contribution in [0.25, 0.3) is 0 Å². The minimum atomic E-state index is 0.664. The van der Waals surface area contributed by atoms with Gasteiger partial charge in [-0.05, 0) is 28.4 Å². The monoisotopic (exact) mass is 275 g/mol. The van der Waals surface area contributed by atoms with Crippen LogP contribution in [0.4, 0.5) is 0 Å². The lowest BCUT2D eigenvalue weighted by atomic mass is 10.0. The minimum absolute atomic E-state index is 0.664. The van der Waals surface area contributed by atoms with Crippen LogP contribution >= 0.6 is 22.6 Å². The summed E-state index contributed by atoms with van der Waals surface area (Å²) in [6.45, 7) is 0.664. The average molecular weight is 275 g/mol. The molecule has 0 atom stereocenters. The molecule has 0 unspecified atom stereocenters. The third kappa shape index (κ3) is 2.75. The van der Waals surface area contributed by atoms with Crippen molar-refractivity contribution < 1.29 is 0 Å². The Morgan fingerprint density at radius 1 is 1.17 bits per heavy atom. The number of hydrogen-bond donors (Lipinski definition) is 1. The molecule has 0 saturated carbocycles. The van der Waals surface area contributed by atoms with Crippen LogP contribution in [0.15, 0.2) is 24.3 Å². The highest BCUT2D eigenvalue weighted by Gasteiger charge is 1.97. The summed E-state index contributed by atoms with van der Waals surface area (Å²) < 4.78 is 1.22. The Balaban J connectivity index is 2.68. The fourth-order valence-corrected chi connectivity index (χ4v) is 1.64. The summed E-state index contributed by atoms with van der Waals surface area (Å²) in [7, 11) is 0. The Labute approximate surface area is 87.5 Å². The zero-order valence-corrected chi connectivity index (χ0v) is 9.25. The normalized spacial score (nSPS) is 10.2. The first-order valence-electron chi connectivity index (χ1n) is 4.21. The maximum absolute atomic E-state index is 5.62. The molecular weight excluding hydrogens is 261 g/mol. The third-order valence-electron chi connectivity index (χ3n) is 1.92. The molecule has 0 aromatic heterocycles. The number of rotatable bonds is 4. The van der Waals surface area contributed by atoms with Crippen LogP contribution in [0.5, 0.6) is 0 Å². The Kier molecular flexibility index (Phi) is 4.61. The van der Waals surface area contributed by atoms with Crippen molar-refractivity contribution in [2.24, 2.45) is 5.73 Å². The molecule has 1 nitrogen and oxygen atoms in total. The first kappa shape index (κ1) is 9.99. The van der Waals surface area contributed by atoms with E-state index in [1.807, 2.05) is 0 Å². The lowest BCUT2D eigenvalue weighted by Crippen LogP contribution is -2.01. The van der Waals surface area contributed by atoms with Gasteiger partial charge in [-0.3, -0.25) is 0 Å². The maximum atomic E-state index is 5.62. The summed E-state index contributed by atoms with van der Waals surface area (Å²) in [4.78, 5) is 0. The molecule has 0 amide bonds. The topological polar surface area (TPSA) is 26.0 Å². The van der Waals surface area contributed by atoms with E-state index in [9.17, 15) is 0 Å². The first-order chi connectivity index (χ1) is 5.88. The standard InChI is InChI=1S/C10H14IN/c11-7-3-6-9-4-1-2-5-10(9)8-12/h1-2,4-5H,3,6-8,12H2. The van der Waals surface area contributed by atoms with Crippen LogP contribution < -0.4 is 5.73 Å². The van der Waals surface area contributed by atoms with Gasteiger partial charge in [0.25, 0.3) is 0 Å². The highest BCUT2D eigenvalue weighted by atomic mass is 127. The second-order valence-electron chi connectivity index (χ2n) is 2.77. The predicted molar refractivity (Wildman–Crippen MR) is 61.5 cm³/mol. The molecule has 12 heavy (non-hydrogen) atoms. The molecule has 66 valence electrons. The van der Waals surface area contributed by atoms with E-state index >= 15 is 0 Å². The van der Waals surface area contributed by atoms with E-state index < -0.39 is 0 Å². The molecule has 0 aliphatic heterocycles. The van der Waals surface area contributed by atoms with E-state index in [2.05, 4.69) is 46.9 Å². The van der Waals surface area contributed by atoms with Crippen molar-refractivity contribution >= 4 is 22.6 Å². The largest absolute Gasteiger partial charge is 0.326 e. The van der Waals surface area contributed by atoms with Crippen LogP contribution in [-0.2, 0) is 13.0 Å². The van der Waals surface area contributed by atoms with E-state index in [0.717, 1.165) is 6.42 Å². The van der Waals surface area contributed by atoms with Crippen LogP contribution in [0.1, 0.15) is 17.5 Å². The van der Waals surface area contributed by atoms with Crippen molar-refractivity contribution in [3.63, 3.8) is 0 Å². The summed E-state index contributed by atoms with van der Waals surface area (Å²) in [5.74, 6) is 0. The summed E-state index contributed by atoms with van der Waals surface area (Å²) in [6.07, 6.45) is 2.41. The molecule has 0 saturated heterocycles. The molecule has 1 aromatic carbocycles. The quantitative estimate of drug-likeness (QED) is 0.663. The molecule has 0 radical (unpaired) electrons. The second kappa shape index (κ2) is 5.54. The maximum Gasteiger partial charge on any atom is 0.0180 e. The number of benzene rings is 1. The van der Waals surface area contributed by atoms with Crippen LogP contribution in [0, 0.1) is 0 Å². The fourth-order valence-electron chi connectivity index (χ4n) is 1.26. The van der Waals surface area contributed by atoms with Gasteiger partial charge in [-0.15, -0.1) is 0 Å². The Morgan fingerprint density at radius 3 is 2.42 bits per heavy atom. The van der Waals surface area contributed by atoms with E-state index in [-0.39, 0.29) is 0 Å². The van der Waals surface area contributed by atoms with Gasteiger partial charge in [0, 0.05) is 6.54 Å². The number of halogens is 1. The van der Waals surface area contributed by atoms with Gasteiger partial charge in [0.1, 0.15) is 0 Å². The van der Waals surface area contributed by atoms with Gasteiger partial charge in [0.05, 0.1) is 0 Å². The van der Waals surface area contributed by atoms with Gasteiger partial charge in [-0.1, -0.05) is 46.9 Å². The highest BCUT2D eigenvalue weighted by Crippen LogP contribution is 2.10. The average Bonchev–Trinajstić information content (AvgIpc) is 2.15. The van der Waals surface area contributed by atoms with Gasteiger partial charge >= 0.3 is 0 Å². The Hall–Kier alpha value is -0.0900. The molecule has 0 fully saturated rings. The molecule has 0 heterocycles. The molecule has 0 aliphatic carbocycles. The minimum Gasteiger partial charge on any atom is -0.326 e. The smallest absolute Gasteiger partial charge is 0.0180 e. The van der Waals surface area contributed by atoms with E-state index in [1.54, 1.807) is 0 Å². The lowest BCUT2D eigenvalue weighted by molar-refractivity contribution is 0.911. The Morgan fingerprint density at radius 2 is 1.83 bits per heavy atom. The molecule has 2 heteroatoms. The zero-order chi connectivity index (χ0) is 8.81. The second-order valence-corrected chi connectivity index (χ2v) is 3.84. The predicted octanol–water partition coefficient (Wildman–Crippen LogP) is 2.51. The fraction of sp³-hybridized carbons (Fsp3) is 0.400. The Bertz CT molecular complexity index is 235. The zero-order valence-electron chi connectivity index (χ0n) is 7.09. The van der Waals surface area contributed by atoms with Gasteiger partial charge in [-0.25, -0.2) is 0 Å². The van der Waals surface area contributed by atoms with Crippen molar-refractivity contribution in [2.45, 2.75) is 19.4 Å². The number of aryl methyl sites for hydroxylation is 1. The molecule has 2 N–H and O–H groups in total. The van der Waals surface area contributed by atoms with E-state index in [0.29, 0.717) is 6.54 Å². The van der Waals surface area contributed by atoms with Crippen LogP contribution in [-0.4, -0.2) is 4.43 Å². The summed E-state index contributed by atoms with van der Waals surface area (Å²) >= 11 is 2.41. The molecule has 0 spiro atoms. The first-order valence-corrected chi connectivity index (χ1v) is 5.74. The molecule has 0 bridgehead atoms. The summed E-state index contributed by atoms with van der Waals surface area (Å²) in [5, 5.41) is 0. The van der Waals surface area contributed by atoms with Crippen molar-refractivity contribution in [1.29, 1.82) is 0 Å². The molecule has 1 aromatic rings. The molecular formula is C10H14IN. The van der Waals surface area contributed by atoms with Crippen molar-refractivity contribution in [2.75, 3.05) is 4.43 Å². The molecule has 0 aliphatic rings. The van der Waals surface area contributed by atoms with Crippen LogP contribution in [0.3, 0.4) is 0 Å².